The van der Waals surface area contributed by atoms with Gasteiger partial charge in [-0.3, -0.25) is 0 Å². The number of aromatic nitrogens is 5. The molecule has 0 bridgehead atoms. The molecular weight excluding hydrogens is 306 g/mol. The lowest BCUT2D eigenvalue weighted by molar-refractivity contribution is 0.717. The third kappa shape index (κ3) is 2.19. The average molecular weight is 317 g/mol. The Morgan fingerprint density at radius 1 is 1.35 bits per heavy atom. The van der Waals surface area contributed by atoms with Gasteiger partial charge in [0.2, 0.25) is 0 Å². The van der Waals surface area contributed by atoms with Crippen LogP contribution in [-0.4, -0.2) is 25.0 Å². The van der Waals surface area contributed by atoms with Crippen LogP contribution in [0.2, 0.25) is 5.15 Å². The first-order chi connectivity index (χ1) is 8.04. The molecule has 5 nitrogen and oxygen atoms in total. The molecule has 0 unspecified atom stereocenters. The molecule has 0 saturated carbocycles. The Balaban J connectivity index is 2.70. The van der Waals surface area contributed by atoms with E-state index in [-0.39, 0.29) is 0 Å². The lowest BCUT2D eigenvalue weighted by atomic mass is 10.2. The summed E-state index contributed by atoms with van der Waals surface area (Å²) in [6, 6.07) is 0. The predicted molar refractivity (Wildman–Crippen MR) is 68.9 cm³/mol. The van der Waals surface area contributed by atoms with Crippen LogP contribution in [0.25, 0.3) is 11.4 Å². The van der Waals surface area contributed by atoms with Crippen LogP contribution in [0.15, 0.2) is 4.60 Å². The van der Waals surface area contributed by atoms with Gasteiger partial charge in [-0.1, -0.05) is 23.7 Å². The summed E-state index contributed by atoms with van der Waals surface area (Å²) in [4.78, 5) is 8.70. The van der Waals surface area contributed by atoms with Crippen molar-refractivity contribution in [3.8, 4) is 11.4 Å². The molecular formula is C10H11BrClN5. The molecule has 2 aromatic heterocycles. The zero-order valence-corrected chi connectivity index (χ0v) is 12.0. The van der Waals surface area contributed by atoms with Crippen LogP contribution in [-0.2, 0) is 13.5 Å². The third-order valence-corrected chi connectivity index (χ3v) is 3.36. The molecule has 0 atom stereocenters. The third-order valence-electron chi connectivity index (χ3n) is 2.46. The Kier molecular flexibility index (Phi) is 3.44. The fraction of sp³-hybridized carbons (Fsp3) is 0.400. The van der Waals surface area contributed by atoms with Crippen molar-refractivity contribution < 1.29 is 0 Å². The molecule has 0 spiro atoms. The van der Waals surface area contributed by atoms with Crippen LogP contribution in [0.4, 0.5) is 0 Å². The first kappa shape index (κ1) is 12.4. The van der Waals surface area contributed by atoms with Crippen molar-refractivity contribution >= 4 is 27.5 Å². The molecule has 0 N–H and O–H groups in total. The predicted octanol–water partition coefficient (Wildman–Crippen LogP) is 2.56. The summed E-state index contributed by atoms with van der Waals surface area (Å²) < 4.78 is 2.31. The van der Waals surface area contributed by atoms with E-state index >= 15 is 0 Å². The molecule has 0 saturated heterocycles. The fourth-order valence-electron chi connectivity index (χ4n) is 1.50. The highest BCUT2D eigenvalue weighted by atomic mass is 79.9. The second kappa shape index (κ2) is 4.70. The van der Waals surface area contributed by atoms with Crippen molar-refractivity contribution in [2.75, 3.05) is 0 Å². The van der Waals surface area contributed by atoms with Gasteiger partial charge in [-0.25, -0.2) is 14.6 Å². The Labute approximate surface area is 112 Å². The standard InChI is InChI=1S/C10H11BrClN5/c1-4-6-13-7(5(2)10(12)14-6)8-9(11)15-16-17(8)3/h4H2,1-3H3. The number of rotatable bonds is 2. The first-order valence-electron chi connectivity index (χ1n) is 5.13. The quantitative estimate of drug-likeness (QED) is 0.799. The maximum absolute atomic E-state index is 6.10. The highest BCUT2D eigenvalue weighted by molar-refractivity contribution is 9.10. The lowest BCUT2D eigenvalue weighted by Gasteiger charge is -2.08. The monoisotopic (exact) mass is 315 g/mol. The van der Waals surface area contributed by atoms with E-state index in [9.17, 15) is 0 Å². The summed E-state index contributed by atoms with van der Waals surface area (Å²) in [5, 5.41) is 8.35. The Bertz CT molecular complexity index is 547. The normalized spacial score (nSPS) is 10.9. The van der Waals surface area contributed by atoms with Crippen LogP contribution >= 0.6 is 27.5 Å². The van der Waals surface area contributed by atoms with E-state index in [0.717, 1.165) is 23.4 Å². The smallest absolute Gasteiger partial charge is 0.157 e. The van der Waals surface area contributed by atoms with Gasteiger partial charge in [-0.2, -0.15) is 0 Å². The van der Waals surface area contributed by atoms with Crippen molar-refractivity contribution in [1.82, 2.24) is 25.0 Å². The number of nitrogens with zero attached hydrogens (tertiary/aromatic N) is 5. The SMILES string of the molecule is CCc1nc(Cl)c(C)c(-c2c(Br)nnn2C)n1. The molecule has 0 aliphatic heterocycles. The largest absolute Gasteiger partial charge is 0.245 e. The summed E-state index contributed by atoms with van der Waals surface area (Å²) in [5.74, 6) is 0.712. The Hall–Kier alpha value is -1.01. The number of halogens is 2. The maximum Gasteiger partial charge on any atom is 0.157 e. The average Bonchev–Trinajstić information content (AvgIpc) is 2.63. The highest BCUT2D eigenvalue weighted by Crippen LogP contribution is 2.29. The fourth-order valence-corrected chi connectivity index (χ4v) is 2.21. The van der Waals surface area contributed by atoms with E-state index < -0.39 is 0 Å². The van der Waals surface area contributed by atoms with E-state index in [2.05, 4.69) is 36.2 Å². The second-order valence-electron chi connectivity index (χ2n) is 3.61. The minimum Gasteiger partial charge on any atom is -0.245 e. The number of aryl methyl sites for hydroxylation is 2. The van der Waals surface area contributed by atoms with Crippen molar-refractivity contribution in [3.63, 3.8) is 0 Å². The molecule has 7 heteroatoms. The van der Waals surface area contributed by atoms with E-state index in [1.54, 1.807) is 4.68 Å². The molecule has 0 fully saturated rings. The van der Waals surface area contributed by atoms with Gasteiger partial charge in [0.05, 0.1) is 5.69 Å². The minimum atomic E-state index is 0.472. The van der Waals surface area contributed by atoms with Gasteiger partial charge in [0.15, 0.2) is 4.60 Å². The van der Waals surface area contributed by atoms with Crippen LogP contribution in [0, 0.1) is 6.92 Å². The molecule has 0 aliphatic rings. The van der Waals surface area contributed by atoms with Gasteiger partial charge < -0.3 is 0 Å². The summed E-state index contributed by atoms with van der Waals surface area (Å²) in [6.07, 6.45) is 0.732. The maximum atomic E-state index is 6.10. The van der Waals surface area contributed by atoms with E-state index in [1.807, 2.05) is 20.9 Å². The number of hydrogen-bond acceptors (Lipinski definition) is 4. The molecule has 0 radical (unpaired) electrons. The molecule has 90 valence electrons. The van der Waals surface area contributed by atoms with Gasteiger partial charge in [0.25, 0.3) is 0 Å². The molecule has 2 aromatic rings. The lowest BCUT2D eigenvalue weighted by Crippen LogP contribution is -2.03. The molecule has 2 rings (SSSR count). The van der Waals surface area contributed by atoms with Crippen molar-refractivity contribution in [2.45, 2.75) is 20.3 Å². The van der Waals surface area contributed by atoms with Crippen LogP contribution < -0.4 is 0 Å². The summed E-state index contributed by atoms with van der Waals surface area (Å²) in [7, 11) is 1.81. The minimum absolute atomic E-state index is 0.472. The zero-order valence-electron chi connectivity index (χ0n) is 9.70. The van der Waals surface area contributed by atoms with Crippen LogP contribution in [0.3, 0.4) is 0 Å². The summed E-state index contributed by atoms with van der Waals surface area (Å²) in [6.45, 7) is 3.87. The molecule has 0 aromatic carbocycles. The highest BCUT2D eigenvalue weighted by Gasteiger charge is 2.17. The van der Waals surface area contributed by atoms with Crippen molar-refractivity contribution in [3.05, 3.63) is 21.1 Å². The summed E-state index contributed by atoms with van der Waals surface area (Å²) >= 11 is 9.46. The molecule has 2 heterocycles. The van der Waals surface area contributed by atoms with E-state index in [4.69, 9.17) is 11.6 Å². The van der Waals surface area contributed by atoms with Gasteiger partial charge in [0, 0.05) is 19.0 Å². The second-order valence-corrected chi connectivity index (χ2v) is 4.72. The Morgan fingerprint density at radius 3 is 2.59 bits per heavy atom. The van der Waals surface area contributed by atoms with Gasteiger partial charge >= 0.3 is 0 Å². The van der Waals surface area contributed by atoms with Gasteiger partial charge in [-0.15, -0.1) is 5.10 Å². The summed E-state index contributed by atoms with van der Waals surface area (Å²) in [5.41, 5.74) is 2.40. The van der Waals surface area contributed by atoms with Crippen LogP contribution in [0.5, 0.6) is 0 Å². The van der Waals surface area contributed by atoms with E-state index in [1.165, 1.54) is 0 Å². The molecule has 17 heavy (non-hydrogen) atoms. The number of hydrogen-bond donors (Lipinski definition) is 0. The zero-order chi connectivity index (χ0) is 12.6. The molecule has 0 amide bonds. The Morgan fingerprint density at radius 2 is 2.06 bits per heavy atom. The van der Waals surface area contributed by atoms with Crippen molar-refractivity contribution in [2.24, 2.45) is 7.05 Å². The van der Waals surface area contributed by atoms with E-state index in [0.29, 0.717) is 15.6 Å². The molecule has 0 aliphatic carbocycles. The van der Waals surface area contributed by atoms with Crippen molar-refractivity contribution in [1.29, 1.82) is 0 Å². The first-order valence-corrected chi connectivity index (χ1v) is 6.30. The topological polar surface area (TPSA) is 56.5 Å². The van der Waals surface area contributed by atoms with Gasteiger partial charge in [0.1, 0.15) is 16.7 Å². The van der Waals surface area contributed by atoms with Crippen LogP contribution in [0.1, 0.15) is 18.3 Å². The van der Waals surface area contributed by atoms with Gasteiger partial charge in [-0.05, 0) is 22.9 Å².